The normalized spacial score (nSPS) is 16.6. The molecule has 1 unspecified atom stereocenters. The summed E-state index contributed by atoms with van der Waals surface area (Å²) in [6, 6.07) is 7.22. The van der Waals surface area contributed by atoms with Crippen molar-refractivity contribution in [3.05, 3.63) is 52.8 Å². The summed E-state index contributed by atoms with van der Waals surface area (Å²) in [7, 11) is 0. The lowest BCUT2D eigenvalue weighted by atomic mass is 10.1. The number of nitrogen functional groups attached to an aromatic ring is 1. The molecular weight excluding hydrogens is 408 g/mol. The van der Waals surface area contributed by atoms with E-state index in [-0.39, 0.29) is 11.7 Å². The maximum absolute atomic E-state index is 13.0. The lowest BCUT2D eigenvalue weighted by molar-refractivity contribution is 0.102. The van der Waals surface area contributed by atoms with Gasteiger partial charge in [-0.3, -0.25) is 9.78 Å². The fourth-order valence-electron chi connectivity index (χ4n) is 3.42. The summed E-state index contributed by atoms with van der Waals surface area (Å²) in [4.78, 5) is 24.6. The molecule has 0 saturated carbocycles. The number of rotatable bonds is 4. The minimum atomic E-state index is -0.396. The molecule has 0 bridgehead atoms. The van der Waals surface area contributed by atoms with Gasteiger partial charge in [-0.2, -0.15) is 0 Å². The van der Waals surface area contributed by atoms with E-state index in [0.29, 0.717) is 22.1 Å². The van der Waals surface area contributed by atoms with Crippen LogP contribution < -0.4 is 21.7 Å². The Morgan fingerprint density at radius 2 is 2.17 bits per heavy atom. The number of anilines is 3. The van der Waals surface area contributed by atoms with Crippen LogP contribution >= 0.6 is 22.9 Å². The van der Waals surface area contributed by atoms with Gasteiger partial charge in [-0.25, -0.2) is 4.98 Å². The summed E-state index contributed by atoms with van der Waals surface area (Å²) in [5, 5.41) is 5.38. The molecule has 7 nitrogen and oxygen atoms in total. The molecule has 0 aromatic carbocycles. The van der Waals surface area contributed by atoms with Crippen LogP contribution in [0.15, 0.2) is 42.0 Å². The first-order valence-electron chi connectivity index (χ1n) is 9.28. The van der Waals surface area contributed by atoms with E-state index in [4.69, 9.17) is 23.1 Å². The third-order valence-electron chi connectivity index (χ3n) is 4.84. The molecule has 1 fully saturated rings. The number of nitrogens with two attached hydrogens (primary N) is 2. The number of halogens is 1. The number of carbonyl (C=O) groups excluding carboxylic acids is 1. The van der Waals surface area contributed by atoms with Gasteiger partial charge < -0.3 is 21.7 Å². The van der Waals surface area contributed by atoms with Crippen molar-refractivity contribution in [1.82, 2.24) is 9.97 Å². The summed E-state index contributed by atoms with van der Waals surface area (Å²) in [5.41, 5.74) is 14.7. The number of nitrogens with zero attached hydrogens (tertiary/aromatic N) is 3. The van der Waals surface area contributed by atoms with Gasteiger partial charge in [0.1, 0.15) is 0 Å². The third kappa shape index (κ3) is 4.19. The van der Waals surface area contributed by atoms with Gasteiger partial charge in [0.15, 0.2) is 5.69 Å². The molecule has 4 rings (SSSR count). The molecule has 1 saturated heterocycles. The van der Waals surface area contributed by atoms with Crippen molar-refractivity contribution >= 4 is 45.9 Å². The molecule has 0 radical (unpaired) electrons. The molecule has 5 N–H and O–H groups in total. The molecule has 0 aliphatic carbocycles. The highest BCUT2D eigenvalue weighted by molar-refractivity contribution is 7.14. The Kier molecular flexibility index (Phi) is 5.66. The van der Waals surface area contributed by atoms with E-state index in [1.807, 2.05) is 11.4 Å². The van der Waals surface area contributed by atoms with E-state index < -0.39 is 5.91 Å². The van der Waals surface area contributed by atoms with Gasteiger partial charge in [-0.1, -0.05) is 11.6 Å². The highest BCUT2D eigenvalue weighted by Crippen LogP contribution is 2.33. The first-order chi connectivity index (χ1) is 14.0. The van der Waals surface area contributed by atoms with Crippen molar-refractivity contribution in [3.8, 4) is 10.6 Å². The summed E-state index contributed by atoms with van der Waals surface area (Å²) in [6.07, 6.45) is 5.34. The maximum Gasteiger partial charge on any atom is 0.276 e. The monoisotopic (exact) mass is 428 g/mol. The van der Waals surface area contributed by atoms with Gasteiger partial charge in [0.05, 0.1) is 38.9 Å². The number of nitrogens with one attached hydrogen (secondary N) is 1. The molecule has 4 heterocycles. The van der Waals surface area contributed by atoms with Crippen molar-refractivity contribution in [2.24, 2.45) is 5.73 Å². The largest absolute Gasteiger partial charge is 0.397 e. The second-order valence-electron chi connectivity index (χ2n) is 6.93. The molecule has 1 amide bonds. The average molecular weight is 429 g/mol. The zero-order chi connectivity index (χ0) is 20.4. The van der Waals surface area contributed by atoms with Gasteiger partial charge in [0, 0.05) is 25.3 Å². The average Bonchev–Trinajstić information content (AvgIpc) is 3.14. The highest BCUT2D eigenvalue weighted by atomic mass is 35.5. The van der Waals surface area contributed by atoms with E-state index in [1.54, 1.807) is 30.6 Å². The van der Waals surface area contributed by atoms with E-state index in [9.17, 15) is 4.79 Å². The SMILES string of the molecule is Nc1ccc(-c2sccc2Cl)nc1C(=O)Nc1cnccc1N1CCCC(N)C1. The van der Waals surface area contributed by atoms with E-state index in [2.05, 4.69) is 20.2 Å². The maximum atomic E-state index is 13.0. The Morgan fingerprint density at radius 1 is 1.31 bits per heavy atom. The van der Waals surface area contributed by atoms with Gasteiger partial charge in [-0.15, -0.1) is 11.3 Å². The standard InChI is InChI=1S/C20H21ClN6OS/c21-13-6-9-29-19(13)15-4-3-14(23)18(25-15)20(28)26-16-10-24-7-5-17(16)27-8-1-2-12(22)11-27/h3-7,9-10,12H,1-2,8,11,22-23H2,(H,26,28). The predicted molar refractivity (Wildman–Crippen MR) is 119 cm³/mol. The quantitative estimate of drug-likeness (QED) is 0.585. The Hall–Kier alpha value is -2.68. The van der Waals surface area contributed by atoms with Gasteiger partial charge >= 0.3 is 0 Å². The Balaban J connectivity index is 1.61. The molecule has 0 spiro atoms. The highest BCUT2D eigenvalue weighted by Gasteiger charge is 2.21. The van der Waals surface area contributed by atoms with Crippen molar-refractivity contribution in [2.45, 2.75) is 18.9 Å². The molecule has 3 aromatic heterocycles. The number of hydrogen-bond acceptors (Lipinski definition) is 7. The number of thiophene rings is 1. The zero-order valence-electron chi connectivity index (χ0n) is 15.6. The summed E-state index contributed by atoms with van der Waals surface area (Å²) < 4.78 is 0. The van der Waals surface area contributed by atoms with Crippen LogP contribution in [0.1, 0.15) is 23.3 Å². The number of amides is 1. The molecule has 1 aliphatic rings. The van der Waals surface area contributed by atoms with Crippen LogP contribution in [-0.2, 0) is 0 Å². The minimum Gasteiger partial charge on any atom is -0.397 e. The number of aromatic nitrogens is 2. The summed E-state index contributed by atoms with van der Waals surface area (Å²) >= 11 is 7.67. The number of piperidine rings is 1. The van der Waals surface area contributed by atoms with E-state index >= 15 is 0 Å². The minimum absolute atomic E-state index is 0.116. The van der Waals surface area contributed by atoms with E-state index in [0.717, 1.165) is 36.5 Å². The predicted octanol–water partition coefficient (Wildman–Crippen LogP) is 3.62. The van der Waals surface area contributed by atoms with Crippen LogP contribution in [0.4, 0.5) is 17.1 Å². The molecular formula is C20H21ClN6OS. The summed E-state index contributed by atoms with van der Waals surface area (Å²) in [5.74, 6) is -0.396. The summed E-state index contributed by atoms with van der Waals surface area (Å²) in [6.45, 7) is 1.62. The second kappa shape index (κ2) is 8.36. The van der Waals surface area contributed by atoms with Gasteiger partial charge in [0.2, 0.25) is 0 Å². The molecule has 29 heavy (non-hydrogen) atoms. The van der Waals surface area contributed by atoms with Crippen LogP contribution in [0.3, 0.4) is 0 Å². The molecule has 9 heteroatoms. The second-order valence-corrected chi connectivity index (χ2v) is 8.25. The molecule has 3 aromatic rings. The first-order valence-corrected chi connectivity index (χ1v) is 10.5. The molecule has 1 aliphatic heterocycles. The van der Waals surface area contributed by atoms with Crippen molar-refractivity contribution in [2.75, 3.05) is 29.0 Å². The van der Waals surface area contributed by atoms with Crippen molar-refractivity contribution in [3.63, 3.8) is 0 Å². The van der Waals surface area contributed by atoms with Crippen LogP contribution in [0.5, 0.6) is 0 Å². The zero-order valence-corrected chi connectivity index (χ0v) is 17.2. The van der Waals surface area contributed by atoms with Crippen molar-refractivity contribution < 1.29 is 4.79 Å². The number of carbonyl (C=O) groups is 1. The number of pyridine rings is 2. The van der Waals surface area contributed by atoms with E-state index in [1.165, 1.54) is 11.3 Å². The van der Waals surface area contributed by atoms with Gasteiger partial charge in [0.25, 0.3) is 5.91 Å². The lowest BCUT2D eigenvalue weighted by Crippen LogP contribution is -2.43. The lowest BCUT2D eigenvalue weighted by Gasteiger charge is -2.33. The van der Waals surface area contributed by atoms with Gasteiger partial charge in [-0.05, 0) is 42.5 Å². The molecule has 150 valence electrons. The fraction of sp³-hybridized carbons (Fsp3) is 0.250. The fourth-order valence-corrected chi connectivity index (χ4v) is 4.55. The Bertz CT molecular complexity index is 1040. The van der Waals surface area contributed by atoms with Crippen LogP contribution in [0, 0.1) is 0 Å². The topological polar surface area (TPSA) is 110 Å². The molecule has 1 atom stereocenters. The van der Waals surface area contributed by atoms with Crippen LogP contribution in [0.25, 0.3) is 10.6 Å². The number of hydrogen-bond donors (Lipinski definition) is 3. The van der Waals surface area contributed by atoms with Crippen LogP contribution in [-0.4, -0.2) is 35.0 Å². The first kappa shape index (κ1) is 19.6. The van der Waals surface area contributed by atoms with Crippen molar-refractivity contribution in [1.29, 1.82) is 0 Å². The third-order valence-corrected chi connectivity index (χ3v) is 6.20. The van der Waals surface area contributed by atoms with Crippen LogP contribution in [0.2, 0.25) is 5.02 Å². The smallest absolute Gasteiger partial charge is 0.276 e. The Labute approximate surface area is 177 Å². The Morgan fingerprint density at radius 3 is 2.93 bits per heavy atom.